The first-order valence-corrected chi connectivity index (χ1v) is 5.24. The van der Waals surface area contributed by atoms with Gasteiger partial charge in [-0.15, -0.1) is 0 Å². The predicted molar refractivity (Wildman–Crippen MR) is 57.3 cm³/mol. The second-order valence-electron chi connectivity index (χ2n) is 4.39. The number of carbonyl (C=O) groups is 1. The Labute approximate surface area is 85.1 Å². The fourth-order valence-electron chi connectivity index (χ4n) is 2.15. The summed E-state index contributed by atoms with van der Waals surface area (Å²) in [6, 6.07) is 8.63. The van der Waals surface area contributed by atoms with Gasteiger partial charge in [-0.25, -0.2) is 0 Å². The van der Waals surface area contributed by atoms with E-state index in [9.17, 15) is 4.79 Å². The van der Waals surface area contributed by atoms with Crippen LogP contribution < -0.4 is 0 Å². The van der Waals surface area contributed by atoms with E-state index in [-0.39, 0.29) is 0 Å². The molecule has 0 heterocycles. The van der Waals surface area contributed by atoms with Gasteiger partial charge in [0.2, 0.25) is 0 Å². The van der Waals surface area contributed by atoms with Crippen molar-refractivity contribution in [2.75, 3.05) is 0 Å². The Morgan fingerprint density at radius 1 is 1.36 bits per heavy atom. The first-order valence-electron chi connectivity index (χ1n) is 5.24. The van der Waals surface area contributed by atoms with Gasteiger partial charge < -0.3 is 0 Å². The predicted octanol–water partition coefficient (Wildman–Crippen LogP) is 3.08. The third kappa shape index (κ3) is 1.72. The topological polar surface area (TPSA) is 17.1 Å². The fraction of sp³-hybridized carbons (Fsp3) is 0.462. The Balaban J connectivity index is 2.03. The summed E-state index contributed by atoms with van der Waals surface area (Å²) in [7, 11) is 0. The van der Waals surface area contributed by atoms with Gasteiger partial charge in [-0.1, -0.05) is 29.8 Å². The molecule has 1 fully saturated rings. The summed E-state index contributed by atoms with van der Waals surface area (Å²) in [5.74, 6) is 1.32. The van der Waals surface area contributed by atoms with Crippen molar-refractivity contribution in [2.24, 2.45) is 5.92 Å². The van der Waals surface area contributed by atoms with Crippen molar-refractivity contribution >= 4 is 5.78 Å². The molecule has 0 aromatic heterocycles. The van der Waals surface area contributed by atoms with Gasteiger partial charge in [-0.2, -0.15) is 0 Å². The van der Waals surface area contributed by atoms with Crippen LogP contribution in [0.3, 0.4) is 0 Å². The summed E-state index contributed by atoms with van der Waals surface area (Å²) < 4.78 is 0. The maximum absolute atomic E-state index is 11.1. The van der Waals surface area contributed by atoms with Crippen LogP contribution in [0.1, 0.15) is 36.8 Å². The minimum Gasteiger partial charge on any atom is -0.300 e. The fourth-order valence-corrected chi connectivity index (χ4v) is 2.15. The lowest BCUT2D eigenvalue weighted by Gasteiger charge is -2.34. The number of hydrogen-bond acceptors (Lipinski definition) is 1. The van der Waals surface area contributed by atoms with Crippen LogP contribution in [0.15, 0.2) is 24.3 Å². The van der Waals surface area contributed by atoms with Gasteiger partial charge in [0.05, 0.1) is 0 Å². The van der Waals surface area contributed by atoms with E-state index in [0.717, 1.165) is 12.8 Å². The Bertz CT molecular complexity index is 348. The van der Waals surface area contributed by atoms with Crippen molar-refractivity contribution in [2.45, 2.75) is 32.6 Å². The molecule has 2 rings (SSSR count). The zero-order chi connectivity index (χ0) is 10.1. The van der Waals surface area contributed by atoms with Crippen LogP contribution in [0.25, 0.3) is 0 Å². The highest BCUT2D eigenvalue weighted by Gasteiger charge is 2.32. The molecule has 1 heteroatoms. The SMILES string of the molecule is CC(=O)C1CC(c2cccc(C)c2)C1. The number of aryl methyl sites for hydroxylation is 1. The Morgan fingerprint density at radius 2 is 2.07 bits per heavy atom. The number of Topliss-reactive ketones (excluding diaryl/α,β-unsaturated/α-hetero) is 1. The van der Waals surface area contributed by atoms with Crippen LogP contribution >= 0.6 is 0 Å². The summed E-state index contributed by atoms with van der Waals surface area (Å²) in [5.41, 5.74) is 2.72. The number of rotatable bonds is 2. The molecular weight excluding hydrogens is 172 g/mol. The smallest absolute Gasteiger partial charge is 0.132 e. The number of hydrogen-bond donors (Lipinski definition) is 0. The molecule has 1 aliphatic rings. The third-order valence-corrected chi connectivity index (χ3v) is 3.23. The summed E-state index contributed by atoms with van der Waals surface area (Å²) >= 11 is 0. The molecule has 1 nitrogen and oxygen atoms in total. The monoisotopic (exact) mass is 188 g/mol. The first-order chi connectivity index (χ1) is 6.66. The van der Waals surface area contributed by atoms with E-state index < -0.39 is 0 Å². The second kappa shape index (κ2) is 3.56. The summed E-state index contributed by atoms with van der Waals surface area (Å²) in [4.78, 5) is 11.1. The molecule has 1 saturated carbocycles. The summed E-state index contributed by atoms with van der Waals surface area (Å²) in [5, 5.41) is 0. The average Bonchev–Trinajstić information content (AvgIpc) is 2.00. The van der Waals surface area contributed by atoms with Crippen molar-refractivity contribution in [3.8, 4) is 0 Å². The molecule has 0 atom stereocenters. The van der Waals surface area contributed by atoms with Crippen LogP contribution in [0.5, 0.6) is 0 Å². The second-order valence-corrected chi connectivity index (χ2v) is 4.39. The molecule has 0 radical (unpaired) electrons. The van der Waals surface area contributed by atoms with Crippen LogP contribution in [0.2, 0.25) is 0 Å². The van der Waals surface area contributed by atoms with E-state index in [2.05, 4.69) is 31.2 Å². The van der Waals surface area contributed by atoms with Gasteiger partial charge in [0.25, 0.3) is 0 Å². The van der Waals surface area contributed by atoms with Crippen LogP contribution in [-0.2, 0) is 4.79 Å². The highest BCUT2D eigenvalue weighted by molar-refractivity contribution is 5.79. The number of carbonyl (C=O) groups excluding carboxylic acids is 1. The highest BCUT2D eigenvalue weighted by Crippen LogP contribution is 2.41. The number of ketones is 1. The van der Waals surface area contributed by atoms with Crippen LogP contribution in [-0.4, -0.2) is 5.78 Å². The molecule has 1 aromatic carbocycles. The zero-order valence-electron chi connectivity index (χ0n) is 8.79. The van der Waals surface area contributed by atoms with Gasteiger partial charge in [-0.3, -0.25) is 4.79 Å². The molecule has 0 aliphatic heterocycles. The van der Waals surface area contributed by atoms with Crippen molar-refractivity contribution in [1.29, 1.82) is 0 Å². The molecule has 74 valence electrons. The van der Waals surface area contributed by atoms with E-state index >= 15 is 0 Å². The van der Waals surface area contributed by atoms with Gasteiger partial charge in [0.1, 0.15) is 5.78 Å². The van der Waals surface area contributed by atoms with E-state index in [4.69, 9.17) is 0 Å². The van der Waals surface area contributed by atoms with Crippen LogP contribution in [0, 0.1) is 12.8 Å². The molecule has 0 saturated heterocycles. The normalized spacial score (nSPS) is 25.6. The van der Waals surface area contributed by atoms with E-state index in [1.807, 2.05) is 0 Å². The van der Waals surface area contributed by atoms with E-state index in [1.165, 1.54) is 11.1 Å². The molecule has 0 N–H and O–H groups in total. The largest absolute Gasteiger partial charge is 0.300 e. The van der Waals surface area contributed by atoms with Crippen molar-refractivity contribution in [3.63, 3.8) is 0 Å². The van der Waals surface area contributed by atoms with E-state index in [1.54, 1.807) is 6.92 Å². The molecular formula is C13H16O. The maximum atomic E-state index is 11.1. The minimum atomic E-state index is 0.334. The first kappa shape index (κ1) is 9.45. The standard InChI is InChI=1S/C13H16O/c1-9-4-3-5-11(6-9)13-7-12(8-13)10(2)14/h3-6,12-13H,7-8H2,1-2H3. The van der Waals surface area contributed by atoms with Crippen molar-refractivity contribution < 1.29 is 4.79 Å². The van der Waals surface area contributed by atoms with Crippen molar-refractivity contribution in [1.82, 2.24) is 0 Å². The average molecular weight is 188 g/mol. The van der Waals surface area contributed by atoms with Gasteiger partial charge in [0.15, 0.2) is 0 Å². The quantitative estimate of drug-likeness (QED) is 0.697. The van der Waals surface area contributed by atoms with Crippen molar-refractivity contribution in [3.05, 3.63) is 35.4 Å². The number of benzene rings is 1. The Kier molecular flexibility index (Phi) is 2.40. The van der Waals surface area contributed by atoms with Crippen LogP contribution in [0.4, 0.5) is 0 Å². The molecule has 1 aliphatic carbocycles. The molecule has 0 amide bonds. The molecule has 0 bridgehead atoms. The lowest BCUT2D eigenvalue weighted by Crippen LogP contribution is -2.27. The third-order valence-electron chi connectivity index (χ3n) is 3.23. The Morgan fingerprint density at radius 3 is 2.64 bits per heavy atom. The molecule has 0 spiro atoms. The minimum absolute atomic E-state index is 0.334. The zero-order valence-corrected chi connectivity index (χ0v) is 8.79. The maximum Gasteiger partial charge on any atom is 0.132 e. The molecule has 14 heavy (non-hydrogen) atoms. The summed E-state index contributed by atoms with van der Waals surface area (Å²) in [6.45, 7) is 3.82. The Hall–Kier alpha value is -1.11. The molecule has 0 unspecified atom stereocenters. The van der Waals surface area contributed by atoms with Gasteiger partial charge in [0, 0.05) is 5.92 Å². The lowest BCUT2D eigenvalue weighted by molar-refractivity contribution is -0.123. The van der Waals surface area contributed by atoms with E-state index in [0.29, 0.717) is 17.6 Å². The lowest BCUT2D eigenvalue weighted by atomic mass is 9.70. The van der Waals surface area contributed by atoms with Gasteiger partial charge in [-0.05, 0) is 38.2 Å². The van der Waals surface area contributed by atoms with Gasteiger partial charge >= 0.3 is 0 Å². The molecule has 1 aromatic rings. The highest BCUT2D eigenvalue weighted by atomic mass is 16.1. The summed E-state index contributed by atoms with van der Waals surface area (Å²) in [6.07, 6.45) is 2.11.